The first kappa shape index (κ1) is 10.7. The minimum absolute atomic E-state index is 0.258. The highest BCUT2D eigenvalue weighted by Gasteiger charge is 2.36. The van der Waals surface area contributed by atoms with E-state index in [0.717, 1.165) is 0 Å². The zero-order chi connectivity index (χ0) is 11.8. The highest BCUT2D eigenvalue weighted by Crippen LogP contribution is 2.36. The van der Waals surface area contributed by atoms with Crippen LogP contribution in [-0.2, 0) is 6.18 Å². The first-order chi connectivity index (χ1) is 7.52. The summed E-state index contributed by atoms with van der Waals surface area (Å²) in [6.07, 6.45) is -4.50. The van der Waals surface area contributed by atoms with Gasteiger partial charge in [-0.1, -0.05) is 18.2 Å². The van der Waals surface area contributed by atoms with Gasteiger partial charge in [-0.05, 0) is 12.1 Å². The van der Waals surface area contributed by atoms with Gasteiger partial charge in [0.25, 0.3) is 0 Å². The lowest BCUT2D eigenvalue weighted by Crippen LogP contribution is -2.10. The number of nitrogens with zero attached hydrogens (tertiary/aromatic N) is 1. The summed E-state index contributed by atoms with van der Waals surface area (Å²) >= 11 is 0. The van der Waals surface area contributed by atoms with Crippen LogP contribution < -0.4 is 4.74 Å². The number of ether oxygens (including phenoxy) is 1. The van der Waals surface area contributed by atoms with Crippen LogP contribution in [0.2, 0.25) is 0 Å². The molecule has 16 heavy (non-hydrogen) atoms. The Bertz CT molecular complexity index is 522. The normalized spacial score (nSPS) is 11.8. The second-order valence-corrected chi connectivity index (χ2v) is 3.23. The van der Waals surface area contributed by atoms with Gasteiger partial charge in [-0.3, -0.25) is 0 Å². The summed E-state index contributed by atoms with van der Waals surface area (Å²) in [4.78, 5) is 3.57. The smallest absolute Gasteiger partial charge is 0.437 e. The van der Waals surface area contributed by atoms with Gasteiger partial charge < -0.3 is 4.74 Å². The first-order valence-corrected chi connectivity index (χ1v) is 4.53. The van der Waals surface area contributed by atoms with Crippen LogP contribution in [0.5, 0.6) is 5.75 Å². The number of hydrogen-bond donors (Lipinski definition) is 0. The second kappa shape index (κ2) is 3.66. The standard InChI is InChI=1S/C11H8F3NO/c1-16-9-6-7-4-2-3-5-8(7)15-10(9)11(12,13)14/h2-6H,1H3. The third-order valence-corrected chi connectivity index (χ3v) is 2.18. The van der Waals surface area contributed by atoms with Crippen LogP contribution in [0.3, 0.4) is 0 Å². The molecule has 0 aliphatic carbocycles. The van der Waals surface area contributed by atoms with E-state index >= 15 is 0 Å². The van der Waals surface area contributed by atoms with E-state index < -0.39 is 11.9 Å². The molecule has 0 aliphatic rings. The molecule has 0 atom stereocenters. The predicted molar refractivity (Wildman–Crippen MR) is 53.3 cm³/mol. The number of methoxy groups -OCH3 is 1. The fraction of sp³-hybridized carbons (Fsp3) is 0.182. The second-order valence-electron chi connectivity index (χ2n) is 3.23. The molecule has 0 saturated heterocycles. The first-order valence-electron chi connectivity index (χ1n) is 4.53. The van der Waals surface area contributed by atoms with Crippen molar-refractivity contribution in [1.29, 1.82) is 0 Å². The van der Waals surface area contributed by atoms with E-state index in [9.17, 15) is 13.2 Å². The Morgan fingerprint density at radius 2 is 1.88 bits per heavy atom. The quantitative estimate of drug-likeness (QED) is 0.745. The summed E-state index contributed by atoms with van der Waals surface area (Å²) in [5.74, 6) is -0.258. The molecule has 1 aromatic heterocycles. The van der Waals surface area contributed by atoms with Crippen molar-refractivity contribution in [3.05, 3.63) is 36.0 Å². The zero-order valence-electron chi connectivity index (χ0n) is 8.38. The molecule has 0 N–H and O–H groups in total. The Balaban J connectivity index is 2.73. The molecule has 1 aromatic carbocycles. The molecule has 0 spiro atoms. The predicted octanol–water partition coefficient (Wildman–Crippen LogP) is 3.26. The van der Waals surface area contributed by atoms with Crippen molar-refractivity contribution in [2.45, 2.75) is 6.18 Å². The lowest BCUT2D eigenvalue weighted by Gasteiger charge is -2.11. The van der Waals surface area contributed by atoms with Gasteiger partial charge in [-0.15, -0.1) is 0 Å². The SMILES string of the molecule is COc1cc2ccccc2nc1C(F)(F)F. The fourth-order valence-corrected chi connectivity index (χ4v) is 1.46. The van der Waals surface area contributed by atoms with Gasteiger partial charge in [0, 0.05) is 5.39 Å². The van der Waals surface area contributed by atoms with E-state index in [-0.39, 0.29) is 5.75 Å². The Morgan fingerprint density at radius 1 is 1.19 bits per heavy atom. The van der Waals surface area contributed by atoms with E-state index in [1.807, 2.05) is 0 Å². The summed E-state index contributed by atoms with van der Waals surface area (Å²) in [5, 5.41) is 0.618. The van der Waals surface area contributed by atoms with Gasteiger partial charge in [-0.2, -0.15) is 13.2 Å². The maximum atomic E-state index is 12.6. The Labute approximate surface area is 89.7 Å². The van der Waals surface area contributed by atoms with E-state index in [4.69, 9.17) is 4.74 Å². The number of rotatable bonds is 1. The number of alkyl halides is 3. The van der Waals surface area contributed by atoms with Gasteiger partial charge in [0.05, 0.1) is 12.6 Å². The van der Waals surface area contributed by atoms with Gasteiger partial charge in [0.2, 0.25) is 0 Å². The molecular weight excluding hydrogens is 219 g/mol. The Kier molecular flexibility index (Phi) is 2.46. The van der Waals surface area contributed by atoms with Gasteiger partial charge in [-0.25, -0.2) is 4.98 Å². The van der Waals surface area contributed by atoms with Crippen molar-refractivity contribution in [3.8, 4) is 5.75 Å². The third-order valence-electron chi connectivity index (χ3n) is 2.18. The summed E-state index contributed by atoms with van der Waals surface area (Å²) in [6, 6.07) is 7.93. The van der Waals surface area contributed by atoms with Gasteiger partial charge in [0.15, 0.2) is 5.69 Å². The van der Waals surface area contributed by atoms with E-state index in [2.05, 4.69) is 4.98 Å². The van der Waals surface area contributed by atoms with E-state index in [1.54, 1.807) is 18.2 Å². The lowest BCUT2D eigenvalue weighted by molar-refractivity contribution is -0.142. The third kappa shape index (κ3) is 1.80. The highest BCUT2D eigenvalue weighted by molar-refractivity contribution is 5.80. The molecule has 2 nitrogen and oxygen atoms in total. The van der Waals surface area contributed by atoms with Crippen LogP contribution in [0, 0.1) is 0 Å². The summed E-state index contributed by atoms with van der Waals surface area (Å²) in [7, 11) is 1.20. The van der Waals surface area contributed by atoms with Crippen LogP contribution in [0.25, 0.3) is 10.9 Å². The van der Waals surface area contributed by atoms with Crippen molar-refractivity contribution >= 4 is 10.9 Å². The number of para-hydroxylation sites is 1. The van der Waals surface area contributed by atoms with Gasteiger partial charge in [0.1, 0.15) is 5.75 Å². The average Bonchev–Trinajstić information content (AvgIpc) is 2.26. The molecule has 1 heterocycles. The summed E-state index contributed by atoms with van der Waals surface area (Å²) < 4.78 is 42.6. The number of pyridine rings is 1. The van der Waals surface area contributed by atoms with E-state index in [1.165, 1.54) is 19.2 Å². The topological polar surface area (TPSA) is 22.1 Å². The van der Waals surface area contributed by atoms with Crippen LogP contribution in [-0.4, -0.2) is 12.1 Å². The summed E-state index contributed by atoms with van der Waals surface area (Å²) in [6.45, 7) is 0. The Hall–Kier alpha value is -1.78. The molecule has 0 radical (unpaired) electrons. The zero-order valence-corrected chi connectivity index (χ0v) is 8.38. The minimum atomic E-state index is -4.50. The van der Waals surface area contributed by atoms with E-state index in [0.29, 0.717) is 10.9 Å². The number of fused-ring (bicyclic) bond motifs is 1. The molecule has 2 rings (SSSR count). The highest BCUT2D eigenvalue weighted by atomic mass is 19.4. The number of benzene rings is 1. The monoisotopic (exact) mass is 227 g/mol. The molecule has 0 saturated carbocycles. The molecule has 0 unspecified atom stereocenters. The van der Waals surface area contributed by atoms with Crippen molar-refractivity contribution < 1.29 is 17.9 Å². The minimum Gasteiger partial charge on any atom is -0.494 e. The number of hydrogen-bond acceptors (Lipinski definition) is 2. The molecular formula is C11H8F3NO. The van der Waals surface area contributed by atoms with Crippen LogP contribution >= 0.6 is 0 Å². The molecule has 0 fully saturated rings. The lowest BCUT2D eigenvalue weighted by atomic mass is 10.2. The molecule has 84 valence electrons. The number of halogens is 3. The fourth-order valence-electron chi connectivity index (χ4n) is 1.46. The van der Waals surface area contributed by atoms with Gasteiger partial charge >= 0.3 is 6.18 Å². The molecule has 2 aromatic rings. The number of aromatic nitrogens is 1. The maximum Gasteiger partial charge on any atom is 0.437 e. The summed E-state index contributed by atoms with van der Waals surface area (Å²) in [5.41, 5.74) is -0.690. The van der Waals surface area contributed by atoms with Crippen LogP contribution in [0.1, 0.15) is 5.69 Å². The largest absolute Gasteiger partial charge is 0.494 e. The average molecular weight is 227 g/mol. The van der Waals surface area contributed by atoms with Crippen molar-refractivity contribution in [3.63, 3.8) is 0 Å². The Morgan fingerprint density at radius 3 is 2.50 bits per heavy atom. The van der Waals surface area contributed by atoms with Crippen LogP contribution in [0.15, 0.2) is 30.3 Å². The van der Waals surface area contributed by atoms with Crippen molar-refractivity contribution in [2.75, 3.05) is 7.11 Å². The maximum absolute atomic E-state index is 12.6. The molecule has 0 amide bonds. The molecule has 5 heteroatoms. The molecule has 0 aliphatic heterocycles. The van der Waals surface area contributed by atoms with Crippen molar-refractivity contribution in [1.82, 2.24) is 4.98 Å². The van der Waals surface area contributed by atoms with Crippen molar-refractivity contribution in [2.24, 2.45) is 0 Å². The van der Waals surface area contributed by atoms with Crippen LogP contribution in [0.4, 0.5) is 13.2 Å². The molecule has 0 bridgehead atoms.